The first kappa shape index (κ1) is 20.4. The van der Waals surface area contributed by atoms with Crippen LogP contribution in [0.4, 0.5) is 0 Å². The van der Waals surface area contributed by atoms with Gasteiger partial charge in [0.1, 0.15) is 12.2 Å². The highest BCUT2D eigenvalue weighted by Gasteiger charge is 2.19. The topological polar surface area (TPSA) is 67.1 Å². The van der Waals surface area contributed by atoms with Crippen molar-refractivity contribution in [3.05, 3.63) is 47.5 Å². The quantitative estimate of drug-likeness (QED) is 0.544. The standard InChI is InChI=1S/C22H34N6/c1-4-21-27-25-16-28(21)14-13-24-22(23-12-11-17(2)3)26-20-10-9-18-7-5-6-8-19(18)15-20/h5-8,16-17,20H,4,9-15H2,1-3H3,(H2,23,24,26). The monoisotopic (exact) mass is 382 g/mol. The zero-order chi connectivity index (χ0) is 19.8. The van der Waals surface area contributed by atoms with Crippen molar-refractivity contribution in [2.75, 3.05) is 13.1 Å². The molecule has 0 amide bonds. The van der Waals surface area contributed by atoms with E-state index in [2.05, 4.69) is 70.4 Å². The van der Waals surface area contributed by atoms with Crippen LogP contribution < -0.4 is 10.6 Å². The van der Waals surface area contributed by atoms with E-state index in [9.17, 15) is 0 Å². The number of aromatic nitrogens is 3. The van der Waals surface area contributed by atoms with E-state index < -0.39 is 0 Å². The van der Waals surface area contributed by atoms with E-state index in [-0.39, 0.29) is 0 Å². The van der Waals surface area contributed by atoms with E-state index in [0.717, 1.165) is 63.5 Å². The molecular formula is C22H34N6. The van der Waals surface area contributed by atoms with Crippen LogP contribution in [0.25, 0.3) is 0 Å². The molecule has 1 atom stereocenters. The molecule has 2 aromatic rings. The molecule has 1 aliphatic carbocycles. The number of rotatable bonds is 8. The zero-order valence-electron chi connectivity index (χ0n) is 17.5. The Morgan fingerprint density at radius 3 is 2.89 bits per heavy atom. The van der Waals surface area contributed by atoms with Gasteiger partial charge in [-0.05, 0) is 42.7 Å². The van der Waals surface area contributed by atoms with Gasteiger partial charge >= 0.3 is 0 Å². The Bertz CT molecular complexity index is 764. The van der Waals surface area contributed by atoms with Gasteiger partial charge in [0.25, 0.3) is 0 Å². The third-order valence-electron chi connectivity index (χ3n) is 5.32. The maximum atomic E-state index is 4.83. The van der Waals surface area contributed by atoms with E-state index in [1.54, 1.807) is 0 Å². The van der Waals surface area contributed by atoms with E-state index in [4.69, 9.17) is 4.99 Å². The van der Waals surface area contributed by atoms with Crippen LogP contribution in [0.15, 0.2) is 35.6 Å². The Morgan fingerprint density at radius 1 is 1.29 bits per heavy atom. The molecule has 6 nitrogen and oxygen atoms in total. The summed E-state index contributed by atoms with van der Waals surface area (Å²) < 4.78 is 2.11. The summed E-state index contributed by atoms with van der Waals surface area (Å²) >= 11 is 0. The van der Waals surface area contributed by atoms with Crippen LogP contribution in [0.2, 0.25) is 0 Å². The third-order valence-corrected chi connectivity index (χ3v) is 5.32. The van der Waals surface area contributed by atoms with Gasteiger partial charge in [-0.1, -0.05) is 45.0 Å². The van der Waals surface area contributed by atoms with Gasteiger partial charge in [-0.25, -0.2) is 0 Å². The largest absolute Gasteiger partial charge is 0.355 e. The second kappa shape index (κ2) is 10.2. The number of nitrogens with one attached hydrogen (secondary N) is 2. The van der Waals surface area contributed by atoms with Gasteiger partial charge in [0.05, 0.1) is 0 Å². The molecular weight excluding hydrogens is 348 g/mol. The molecule has 0 bridgehead atoms. The Hall–Kier alpha value is -2.37. The molecule has 6 heteroatoms. The fourth-order valence-corrected chi connectivity index (χ4v) is 3.64. The maximum absolute atomic E-state index is 4.83. The molecule has 1 unspecified atom stereocenters. The number of hydrogen-bond acceptors (Lipinski definition) is 3. The van der Waals surface area contributed by atoms with Gasteiger partial charge in [-0.15, -0.1) is 10.2 Å². The molecule has 0 aliphatic heterocycles. The molecule has 2 N–H and O–H groups in total. The van der Waals surface area contributed by atoms with E-state index in [1.165, 1.54) is 11.1 Å². The summed E-state index contributed by atoms with van der Waals surface area (Å²) in [5.74, 6) is 2.61. The lowest BCUT2D eigenvalue weighted by Crippen LogP contribution is -2.46. The van der Waals surface area contributed by atoms with E-state index >= 15 is 0 Å². The Kier molecular flexibility index (Phi) is 7.46. The number of aliphatic imine (C=N–C) groups is 1. The minimum absolute atomic E-state index is 0.432. The summed E-state index contributed by atoms with van der Waals surface area (Å²) in [6, 6.07) is 9.22. The van der Waals surface area contributed by atoms with Gasteiger partial charge in [0.2, 0.25) is 0 Å². The predicted octanol–water partition coefficient (Wildman–Crippen LogP) is 2.98. The molecule has 152 valence electrons. The fourth-order valence-electron chi connectivity index (χ4n) is 3.64. The summed E-state index contributed by atoms with van der Waals surface area (Å²) in [4.78, 5) is 4.83. The zero-order valence-corrected chi connectivity index (χ0v) is 17.5. The first-order chi connectivity index (χ1) is 13.7. The smallest absolute Gasteiger partial charge is 0.191 e. The summed E-state index contributed by atoms with van der Waals surface area (Å²) in [7, 11) is 0. The summed E-state index contributed by atoms with van der Waals surface area (Å²) in [5.41, 5.74) is 2.95. The molecule has 0 spiro atoms. The molecule has 0 radical (unpaired) electrons. The number of hydrogen-bond donors (Lipinski definition) is 2. The van der Waals surface area contributed by atoms with Crippen LogP contribution >= 0.6 is 0 Å². The highest BCUT2D eigenvalue weighted by Crippen LogP contribution is 2.20. The Morgan fingerprint density at radius 2 is 2.11 bits per heavy atom. The Balaban J connectivity index is 1.57. The number of guanidine groups is 1. The molecule has 0 saturated heterocycles. The molecule has 1 heterocycles. The van der Waals surface area contributed by atoms with Crippen LogP contribution in [-0.2, 0) is 25.8 Å². The molecule has 0 saturated carbocycles. The first-order valence-electron chi connectivity index (χ1n) is 10.6. The average molecular weight is 383 g/mol. The maximum Gasteiger partial charge on any atom is 0.191 e. The molecule has 1 aliphatic rings. The van der Waals surface area contributed by atoms with Crippen LogP contribution in [0.1, 0.15) is 50.6 Å². The lowest BCUT2D eigenvalue weighted by molar-refractivity contribution is 0.515. The minimum atomic E-state index is 0.432. The van der Waals surface area contributed by atoms with Crippen molar-refractivity contribution in [1.29, 1.82) is 0 Å². The van der Waals surface area contributed by atoms with E-state index in [0.29, 0.717) is 12.0 Å². The highest BCUT2D eigenvalue weighted by molar-refractivity contribution is 5.80. The van der Waals surface area contributed by atoms with Crippen molar-refractivity contribution >= 4 is 5.96 Å². The predicted molar refractivity (Wildman–Crippen MR) is 115 cm³/mol. The lowest BCUT2D eigenvalue weighted by Gasteiger charge is -2.27. The summed E-state index contributed by atoms with van der Waals surface area (Å²) in [5, 5.41) is 15.4. The van der Waals surface area contributed by atoms with Crippen LogP contribution in [0.5, 0.6) is 0 Å². The summed E-state index contributed by atoms with van der Waals surface area (Å²) in [6.07, 6.45) is 7.15. The van der Waals surface area contributed by atoms with Gasteiger partial charge in [0, 0.05) is 32.1 Å². The van der Waals surface area contributed by atoms with Crippen LogP contribution in [0.3, 0.4) is 0 Å². The van der Waals surface area contributed by atoms with E-state index in [1.807, 2.05) is 6.33 Å². The van der Waals surface area contributed by atoms with Gasteiger partial charge in [-0.3, -0.25) is 4.99 Å². The SMILES string of the molecule is CCc1nncn1CCNC(=NCCC(C)C)NC1CCc2ccccc2C1. The van der Waals surface area contributed by atoms with Gasteiger partial charge in [0.15, 0.2) is 5.96 Å². The fraction of sp³-hybridized carbons (Fsp3) is 0.591. The van der Waals surface area contributed by atoms with Crippen LogP contribution in [-0.4, -0.2) is 39.9 Å². The van der Waals surface area contributed by atoms with Crippen molar-refractivity contribution < 1.29 is 0 Å². The van der Waals surface area contributed by atoms with Crippen molar-refractivity contribution in [3.63, 3.8) is 0 Å². The highest BCUT2D eigenvalue weighted by atomic mass is 15.3. The minimum Gasteiger partial charge on any atom is -0.355 e. The Labute approximate surface area is 168 Å². The van der Waals surface area contributed by atoms with Crippen LogP contribution in [0, 0.1) is 5.92 Å². The number of benzene rings is 1. The third kappa shape index (κ3) is 5.81. The van der Waals surface area contributed by atoms with Gasteiger partial charge in [-0.2, -0.15) is 0 Å². The molecule has 0 fully saturated rings. The van der Waals surface area contributed by atoms with Crippen molar-refractivity contribution in [1.82, 2.24) is 25.4 Å². The molecule has 28 heavy (non-hydrogen) atoms. The average Bonchev–Trinajstić information content (AvgIpc) is 3.15. The second-order valence-corrected chi connectivity index (χ2v) is 7.99. The normalized spacial score (nSPS) is 16.9. The second-order valence-electron chi connectivity index (χ2n) is 7.99. The summed E-state index contributed by atoms with van der Waals surface area (Å²) in [6.45, 7) is 9.09. The lowest BCUT2D eigenvalue weighted by atomic mass is 9.88. The molecule has 1 aromatic heterocycles. The van der Waals surface area contributed by atoms with Gasteiger partial charge < -0.3 is 15.2 Å². The van der Waals surface area contributed by atoms with Crippen molar-refractivity contribution in [3.8, 4) is 0 Å². The number of nitrogens with zero attached hydrogens (tertiary/aromatic N) is 4. The molecule has 1 aromatic carbocycles. The molecule has 3 rings (SSSR count). The van der Waals surface area contributed by atoms with Crippen molar-refractivity contribution in [2.45, 2.75) is 65.5 Å². The van der Waals surface area contributed by atoms with Crippen molar-refractivity contribution in [2.24, 2.45) is 10.9 Å². The first-order valence-corrected chi connectivity index (χ1v) is 10.6. The number of aryl methyl sites for hydroxylation is 2. The number of fused-ring (bicyclic) bond motifs is 1.